The van der Waals surface area contributed by atoms with Crippen LogP contribution in [0.3, 0.4) is 0 Å². The number of nitrogens with zero attached hydrogens (tertiary/aromatic N) is 1. The van der Waals surface area contributed by atoms with Gasteiger partial charge in [-0.05, 0) is 49.5 Å². The summed E-state index contributed by atoms with van der Waals surface area (Å²) in [5, 5.41) is 3.42. The molecule has 0 spiro atoms. The maximum Gasteiger partial charge on any atom is 0.0340 e. The molecule has 0 aromatic heterocycles. The zero-order chi connectivity index (χ0) is 14.4. The monoisotopic (exact) mass is 275 g/mol. The molecule has 3 heteroatoms. The van der Waals surface area contributed by atoms with Crippen LogP contribution in [0.1, 0.15) is 38.7 Å². The summed E-state index contributed by atoms with van der Waals surface area (Å²) in [5.74, 6) is 0.515. The second kappa shape index (κ2) is 7.65. The summed E-state index contributed by atoms with van der Waals surface area (Å²) in [5.41, 5.74) is 8.63. The maximum atomic E-state index is 6.05. The van der Waals surface area contributed by atoms with Crippen LogP contribution in [-0.4, -0.2) is 30.6 Å². The molecule has 112 valence electrons. The lowest BCUT2D eigenvalue weighted by atomic mass is 10.1. The summed E-state index contributed by atoms with van der Waals surface area (Å²) in [6, 6.07) is 9.02. The molecule has 3 nitrogen and oxygen atoms in total. The predicted octanol–water partition coefficient (Wildman–Crippen LogP) is 3.07. The zero-order valence-corrected chi connectivity index (χ0v) is 12.9. The lowest BCUT2D eigenvalue weighted by Crippen LogP contribution is -2.34. The first-order valence-corrected chi connectivity index (χ1v) is 7.96. The van der Waals surface area contributed by atoms with E-state index >= 15 is 0 Å². The second-order valence-electron chi connectivity index (χ2n) is 6.32. The first-order valence-electron chi connectivity index (χ1n) is 7.96. The molecular weight excluding hydrogens is 246 g/mol. The second-order valence-corrected chi connectivity index (χ2v) is 6.32. The van der Waals surface area contributed by atoms with Crippen molar-refractivity contribution in [1.82, 2.24) is 4.90 Å². The molecule has 1 saturated heterocycles. The van der Waals surface area contributed by atoms with Gasteiger partial charge in [-0.1, -0.05) is 32.4 Å². The van der Waals surface area contributed by atoms with Crippen molar-refractivity contribution in [2.75, 3.05) is 25.0 Å². The molecule has 0 aliphatic carbocycles. The molecule has 1 aromatic carbocycles. The highest BCUT2D eigenvalue weighted by Gasteiger charge is 2.10. The van der Waals surface area contributed by atoms with E-state index in [2.05, 4.69) is 48.3 Å². The molecular formula is C17H29N3. The lowest BCUT2D eigenvalue weighted by Gasteiger charge is -2.26. The van der Waals surface area contributed by atoms with Gasteiger partial charge < -0.3 is 11.1 Å². The smallest absolute Gasteiger partial charge is 0.0340 e. The van der Waals surface area contributed by atoms with Crippen molar-refractivity contribution in [1.29, 1.82) is 0 Å². The maximum absolute atomic E-state index is 6.05. The molecule has 1 aromatic rings. The van der Waals surface area contributed by atoms with Crippen LogP contribution in [0, 0.1) is 5.92 Å². The SMILES string of the molecule is CC(C)C(N)CNc1ccc(CN2CCCCC2)cc1. The number of benzene rings is 1. The van der Waals surface area contributed by atoms with Crippen molar-refractivity contribution in [3.63, 3.8) is 0 Å². The molecule has 0 amide bonds. The highest BCUT2D eigenvalue weighted by Crippen LogP contribution is 2.15. The summed E-state index contributed by atoms with van der Waals surface area (Å²) >= 11 is 0. The van der Waals surface area contributed by atoms with Gasteiger partial charge in [0.1, 0.15) is 0 Å². The third-order valence-corrected chi connectivity index (χ3v) is 4.21. The molecule has 1 atom stereocenters. The lowest BCUT2D eigenvalue weighted by molar-refractivity contribution is 0.221. The van der Waals surface area contributed by atoms with Crippen molar-refractivity contribution in [3.8, 4) is 0 Å². The fraction of sp³-hybridized carbons (Fsp3) is 0.647. The van der Waals surface area contributed by atoms with Gasteiger partial charge in [-0.2, -0.15) is 0 Å². The molecule has 20 heavy (non-hydrogen) atoms. The summed E-state index contributed by atoms with van der Waals surface area (Å²) < 4.78 is 0. The first kappa shape index (κ1) is 15.3. The Morgan fingerprint density at radius 2 is 1.75 bits per heavy atom. The normalized spacial score (nSPS) is 18.2. The van der Waals surface area contributed by atoms with Crippen LogP contribution in [0.2, 0.25) is 0 Å². The van der Waals surface area contributed by atoms with Crippen LogP contribution in [0.4, 0.5) is 5.69 Å². The molecule has 0 bridgehead atoms. The molecule has 3 N–H and O–H groups in total. The van der Waals surface area contributed by atoms with Crippen LogP contribution in [-0.2, 0) is 6.54 Å². The fourth-order valence-corrected chi connectivity index (χ4v) is 2.58. The highest BCUT2D eigenvalue weighted by atomic mass is 15.1. The number of likely N-dealkylation sites (tertiary alicyclic amines) is 1. The standard InChI is InChI=1S/C17H29N3/c1-14(2)17(18)12-19-16-8-6-15(7-9-16)13-20-10-4-3-5-11-20/h6-9,14,17,19H,3-5,10-13,18H2,1-2H3. The minimum atomic E-state index is 0.211. The Bertz CT molecular complexity index is 380. The first-order chi connectivity index (χ1) is 9.65. The molecule has 1 heterocycles. The van der Waals surface area contributed by atoms with Gasteiger partial charge in [-0.3, -0.25) is 4.90 Å². The van der Waals surface area contributed by atoms with Crippen molar-refractivity contribution in [2.45, 2.75) is 45.7 Å². The number of nitrogens with one attached hydrogen (secondary N) is 1. The number of anilines is 1. The van der Waals surface area contributed by atoms with Gasteiger partial charge in [0.15, 0.2) is 0 Å². The van der Waals surface area contributed by atoms with Gasteiger partial charge in [0, 0.05) is 24.8 Å². The summed E-state index contributed by atoms with van der Waals surface area (Å²) in [7, 11) is 0. The minimum absolute atomic E-state index is 0.211. The third kappa shape index (κ3) is 4.80. The summed E-state index contributed by atoms with van der Waals surface area (Å²) in [6.07, 6.45) is 4.11. The van der Waals surface area contributed by atoms with E-state index < -0.39 is 0 Å². The van der Waals surface area contributed by atoms with Crippen LogP contribution >= 0.6 is 0 Å². The van der Waals surface area contributed by atoms with E-state index in [-0.39, 0.29) is 6.04 Å². The zero-order valence-electron chi connectivity index (χ0n) is 12.9. The number of rotatable bonds is 6. The van der Waals surface area contributed by atoms with Gasteiger partial charge in [0.25, 0.3) is 0 Å². The van der Waals surface area contributed by atoms with Crippen molar-refractivity contribution >= 4 is 5.69 Å². The van der Waals surface area contributed by atoms with Crippen LogP contribution in [0.5, 0.6) is 0 Å². The number of hydrogen-bond acceptors (Lipinski definition) is 3. The van der Waals surface area contributed by atoms with E-state index in [4.69, 9.17) is 5.73 Å². The van der Waals surface area contributed by atoms with E-state index in [0.29, 0.717) is 5.92 Å². The Hall–Kier alpha value is -1.06. The average Bonchev–Trinajstić information content (AvgIpc) is 2.47. The van der Waals surface area contributed by atoms with Gasteiger partial charge >= 0.3 is 0 Å². The molecule has 1 aliphatic heterocycles. The average molecular weight is 275 g/mol. The Labute approximate surface area is 123 Å². The molecule has 0 radical (unpaired) electrons. The van der Waals surface area contributed by atoms with E-state index in [1.165, 1.54) is 43.6 Å². The van der Waals surface area contributed by atoms with E-state index in [9.17, 15) is 0 Å². The highest BCUT2D eigenvalue weighted by molar-refractivity contribution is 5.44. The molecule has 2 rings (SSSR count). The van der Waals surface area contributed by atoms with Gasteiger partial charge in [0.05, 0.1) is 0 Å². The molecule has 1 aliphatic rings. The largest absolute Gasteiger partial charge is 0.383 e. The van der Waals surface area contributed by atoms with Gasteiger partial charge in [0.2, 0.25) is 0 Å². The topological polar surface area (TPSA) is 41.3 Å². The number of nitrogens with two attached hydrogens (primary N) is 1. The van der Waals surface area contributed by atoms with Crippen LogP contribution in [0.25, 0.3) is 0 Å². The van der Waals surface area contributed by atoms with Gasteiger partial charge in [-0.25, -0.2) is 0 Å². The summed E-state index contributed by atoms with van der Waals surface area (Å²) in [6.45, 7) is 8.75. The molecule has 0 saturated carbocycles. The molecule has 1 unspecified atom stereocenters. The van der Waals surface area contributed by atoms with Crippen LogP contribution in [0.15, 0.2) is 24.3 Å². The quantitative estimate of drug-likeness (QED) is 0.838. The third-order valence-electron chi connectivity index (χ3n) is 4.21. The number of hydrogen-bond donors (Lipinski definition) is 2. The minimum Gasteiger partial charge on any atom is -0.383 e. The van der Waals surface area contributed by atoms with Gasteiger partial charge in [-0.15, -0.1) is 0 Å². The summed E-state index contributed by atoms with van der Waals surface area (Å²) in [4.78, 5) is 2.56. The van der Waals surface area contributed by atoms with Crippen LogP contribution < -0.4 is 11.1 Å². The Kier molecular flexibility index (Phi) is 5.86. The predicted molar refractivity (Wildman–Crippen MR) is 86.9 cm³/mol. The fourth-order valence-electron chi connectivity index (χ4n) is 2.58. The van der Waals surface area contributed by atoms with Crippen molar-refractivity contribution < 1.29 is 0 Å². The Morgan fingerprint density at radius 1 is 1.10 bits per heavy atom. The number of piperidine rings is 1. The van der Waals surface area contributed by atoms with Crippen molar-refractivity contribution in [3.05, 3.63) is 29.8 Å². The molecule has 1 fully saturated rings. The van der Waals surface area contributed by atoms with E-state index in [1.807, 2.05) is 0 Å². The Morgan fingerprint density at radius 3 is 2.35 bits per heavy atom. The Balaban J connectivity index is 1.80. The van der Waals surface area contributed by atoms with E-state index in [0.717, 1.165) is 13.1 Å². The van der Waals surface area contributed by atoms with E-state index in [1.54, 1.807) is 0 Å². The van der Waals surface area contributed by atoms with Crippen molar-refractivity contribution in [2.24, 2.45) is 11.7 Å².